The first-order valence-electron chi connectivity index (χ1n) is 6.76. The molecule has 1 atom stereocenters. The van der Waals surface area contributed by atoms with E-state index in [0.29, 0.717) is 6.04 Å². The van der Waals surface area contributed by atoms with Crippen LogP contribution in [0.5, 0.6) is 0 Å². The number of hydrogen-bond donors (Lipinski definition) is 1. The summed E-state index contributed by atoms with van der Waals surface area (Å²) >= 11 is 0. The van der Waals surface area contributed by atoms with E-state index < -0.39 is 0 Å². The van der Waals surface area contributed by atoms with Crippen LogP contribution in [0.25, 0.3) is 0 Å². The van der Waals surface area contributed by atoms with Crippen molar-refractivity contribution < 1.29 is 0 Å². The highest BCUT2D eigenvalue weighted by Gasteiger charge is 2.24. The molecule has 1 aromatic rings. The zero-order valence-corrected chi connectivity index (χ0v) is 12.0. The van der Waals surface area contributed by atoms with Crippen molar-refractivity contribution in [1.29, 1.82) is 0 Å². The Bertz CT molecular complexity index is 328. The monoisotopic (exact) mass is 237 g/mol. The number of aryl methyl sites for hydroxylation is 1. The summed E-state index contributed by atoms with van der Waals surface area (Å²) in [6, 6.07) is 0.546. The van der Waals surface area contributed by atoms with E-state index in [0.717, 1.165) is 25.9 Å². The summed E-state index contributed by atoms with van der Waals surface area (Å²) in [5.74, 6) is 0. The van der Waals surface area contributed by atoms with Crippen LogP contribution >= 0.6 is 0 Å². The highest BCUT2D eigenvalue weighted by molar-refractivity contribution is 5.17. The summed E-state index contributed by atoms with van der Waals surface area (Å²) in [7, 11) is 0. The van der Waals surface area contributed by atoms with Gasteiger partial charge in [-0.25, -0.2) is 0 Å². The first kappa shape index (κ1) is 14.2. The first-order valence-corrected chi connectivity index (χ1v) is 6.76. The summed E-state index contributed by atoms with van der Waals surface area (Å²) in [6.07, 6.45) is 6.49. The highest BCUT2D eigenvalue weighted by atomic mass is 15.3. The average molecular weight is 237 g/mol. The van der Waals surface area contributed by atoms with Crippen molar-refractivity contribution in [3.63, 3.8) is 0 Å². The van der Waals surface area contributed by atoms with Crippen LogP contribution in [-0.2, 0) is 12.0 Å². The summed E-state index contributed by atoms with van der Waals surface area (Å²) in [5.41, 5.74) is 1.53. The standard InChI is InChI=1S/C14H27N3/c1-6-8-17-11-13(10-16-17)14(4,5)9-12(3)15-7-2/h10-12,15H,6-9H2,1-5H3. The number of nitrogens with zero attached hydrogens (tertiary/aromatic N) is 2. The Hall–Kier alpha value is -0.830. The molecule has 0 saturated heterocycles. The third kappa shape index (κ3) is 4.15. The molecule has 1 unspecified atom stereocenters. The van der Waals surface area contributed by atoms with E-state index in [4.69, 9.17) is 0 Å². The minimum atomic E-state index is 0.188. The Morgan fingerprint density at radius 3 is 2.71 bits per heavy atom. The van der Waals surface area contributed by atoms with Crippen LogP contribution in [0.4, 0.5) is 0 Å². The van der Waals surface area contributed by atoms with Crippen molar-refractivity contribution in [1.82, 2.24) is 15.1 Å². The van der Waals surface area contributed by atoms with Gasteiger partial charge in [0.15, 0.2) is 0 Å². The van der Waals surface area contributed by atoms with E-state index in [1.807, 2.05) is 6.20 Å². The molecule has 1 aromatic heterocycles. The quantitative estimate of drug-likeness (QED) is 0.790. The third-order valence-corrected chi connectivity index (χ3v) is 3.24. The fraction of sp³-hybridized carbons (Fsp3) is 0.786. The average Bonchev–Trinajstić information content (AvgIpc) is 2.67. The number of rotatable bonds is 7. The largest absolute Gasteiger partial charge is 0.315 e. The molecule has 0 amide bonds. The molecule has 0 aliphatic heterocycles. The van der Waals surface area contributed by atoms with Gasteiger partial charge in [0, 0.05) is 18.8 Å². The van der Waals surface area contributed by atoms with Gasteiger partial charge in [0.2, 0.25) is 0 Å². The predicted molar refractivity (Wildman–Crippen MR) is 73.3 cm³/mol. The molecule has 1 rings (SSSR count). The van der Waals surface area contributed by atoms with Gasteiger partial charge in [0.05, 0.1) is 6.20 Å². The van der Waals surface area contributed by atoms with Gasteiger partial charge < -0.3 is 5.32 Å². The lowest BCUT2D eigenvalue weighted by Gasteiger charge is -2.27. The van der Waals surface area contributed by atoms with Gasteiger partial charge in [-0.1, -0.05) is 27.7 Å². The molecule has 0 bridgehead atoms. The molecule has 0 aliphatic carbocycles. The maximum atomic E-state index is 4.42. The van der Waals surface area contributed by atoms with E-state index in [1.54, 1.807) is 0 Å². The lowest BCUT2D eigenvalue weighted by Crippen LogP contribution is -2.32. The maximum Gasteiger partial charge on any atom is 0.0527 e. The second-order valence-electron chi connectivity index (χ2n) is 5.54. The van der Waals surface area contributed by atoms with Crippen LogP contribution in [-0.4, -0.2) is 22.4 Å². The molecular weight excluding hydrogens is 210 g/mol. The van der Waals surface area contributed by atoms with Gasteiger partial charge in [0.1, 0.15) is 0 Å². The van der Waals surface area contributed by atoms with Crippen LogP contribution < -0.4 is 5.32 Å². The Kier molecular flexibility index (Phi) is 5.19. The van der Waals surface area contributed by atoms with E-state index in [1.165, 1.54) is 5.56 Å². The molecular formula is C14H27N3. The molecule has 0 saturated carbocycles. The minimum absolute atomic E-state index is 0.188. The smallest absolute Gasteiger partial charge is 0.0527 e. The van der Waals surface area contributed by atoms with Crippen LogP contribution in [0.2, 0.25) is 0 Å². The van der Waals surface area contributed by atoms with Crippen molar-refractivity contribution in [2.75, 3.05) is 6.54 Å². The molecule has 1 heterocycles. The molecule has 1 N–H and O–H groups in total. The summed E-state index contributed by atoms with van der Waals surface area (Å²) in [6.45, 7) is 13.2. The Balaban J connectivity index is 2.67. The summed E-state index contributed by atoms with van der Waals surface area (Å²) < 4.78 is 2.05. The van der Waals surface area contributed by atoms with Gasteiger partial charge in [-0.3, -0.25) is 4.68 Å². The molecule has 17 heavy (non-hydrogen) atoms. The van der Waals surface area contributed by atoms with Crippen molar-refractivity contribution in [3.8, 4) is 0 Å². The van der Waals surface area contributed by atoms with E-state index in [2.05, 4.69) is 55.9 Å². The summed E-state index contributed by atoms with van der Waals surface area (Å²) in [5, 5.41) is 7.90. The predicted octanol–water partition coefficient (Wildman–Crippen LogP) is 2.96. The second-order valence-corrected chi connectivity index (χ2v) is 5.54. The van der Waals surface area contributed by atoms with E-state index in [-0.39, 0.29) is 5.41 Å². The van der Waals surface area contributed by atoms with Crippen LogP contribution in [0.3, 0.4) is 0 Å². The number of hydrogen-bond acceptors (Lipinski definition) is 2. The van der Waals surface area contributed by atoms with Crippen molar-refractivity contribution >= 4 is 0 Å². The SMILES string of the molecule is CCCn1cc(C(C)(C)CC(C)NCC)cn1. The van der Waals surface area contributed by atoms with E-state index in [9.17, 15) is 0 Å². The zero-order chi connectivity index (χ0) is 12.9. The van der Waals surface area contributed by atoms with Crippen molar-refractivity contribution in [3.05, 3.63) is 18.0 Å². The Labute approximate surface area is 106 Å². The van der Waals surface area contributed by atoms with Gasteiger partial charge >= 0.3 is 0 Å². The van der Waals surface area contributed by atoms with Gasteiger partial charge in [0.25, 0.3) is 0 Å². The molecule has 3 nitrogen and oxygen atoms in total. The Morgan fingerprint density at radius 1 is 1.41 bits per heavy atom. The molecule has 0 fully saturated rings. The first-order chi connectivity index (χ1) is 7.99. The van der Waals surface area contributed by atoms with Gasteiger partial charge in [-0.15, -0.1) is 0 Å². The van der Waals surface area contributed by atoms with Gasteiger partial charge in [-0.2, -0.15) is 5.10 Å². The zero-order valence-electron chi connectivity index (χ0n) is 12.0. The highest BCUT2D eigenvalue weighted by Crippen LogP contribution is 2.27. The number of aromatic nitrogens is 2. The fourth-order valence-electron chi connectivity index (χ4n) is 2.37. The molecule has 0 radical (unpaired) electrons. The van der Waals surface area contributed by atoms with E-state index >= 15 is 0 Å². The normalized spacial score (nSPS) is 13.9. The van der Waals surface area contributed by atoms with Crippen LogP contribution in [0.15, 0.2) is 12.4 Å². The lowest BCUT2D eigenvalue weighted by atomic mass is 9.81. The fourth-order valence-corrected chi connectivity index (χ4v) is 2.37. The molecule has 0 aromatic carbocycles. The Morgan fingerprint density at radius 2 is 2.12 bits per heavy atom. The number of nitrogens with one attached hydrogen (secondary N) is 1. The third-order valence-electron chi connectivity index (χ3n) is 3.24. The molecule has 98 valence electrons. The van der Waals surface area contributed by atoms with Crippen LogP contribution in [0.1, 0.15) is 53.0 Å². The second kappa shape index (κ2) is 6.20. The molecule has 0 spiro atoms. The molecule has 0 aliphatic rings. The minimum Gasteiger partial charge on any atom is -0.315 e. The molecule has 3 heteroatoms. The van der Waals surface area contributed by atoms with Crippen molar-refractivity contribution in [2.45, 2.75) is 65.5 Å². The van der Waals surface area contributed by atoms with Crippen LogP contribution in [0, 0.1) is 0 Å². The topological polar surface area (TPSA) is 29.9 Å². The lowest BCUT2D eigenvalue weighted by molar-refractivity contribution is 0.394. The van der Waals surface area contributed by atoms with Crippen molar-refractivity contribution in [2.24, 2.45) is 0 Å². The van der Waals surface area contributed by atoms with Gasteiger partial charge in [-0.05, 0) is 37.3 Å². The maximum absolute atomic E-state index is 4.42. The summed E-state index contributed by atoms with van der Waals surface area (Å²) in [4.78, 5) is 0.